The van der Waals surface area contributed by atoms with Gasteiger partial charge in [0.05, 0.1) is 42.0 Å². The SMILES string of the molecule is CC[N+]1([O-])C[C@]2(C)CC[C@H](OC)C34C1[C@@H]([C@@H](OC(C)=O)[C@@H]32)[C@@]1(O)CC[C@H]2C[C@@H]4[C@@H]1C(=O)O2. The van der Waals surface area contributed by atoms with Gasteiger partial charge in [-0.3, -0.25) is 9.59 Å². The molecule has 3 aliphatic heterocycles. The second kappa shape index (κ2) is 6.26. The molecule has 4 saturated carbocycles. The van der Waals surface area contributed by atoms with Gasteiger partial charge in [-0.25, -0.2) is 0 Å². The van der Waals surface area contributed by atoms with E-state index in [0.29, 0.717) is 32.4 Å². The van der Waals surface area contributed by atoms with Gasteiger partial charge in [-0.15, -0.1) is 0 Å². The number of methoxy groups -OCH3 is 1. The van der Waals surface area contributed by atoms with Crippen LogP contribution in [0.5, 0.6) is 0 Å². The molecule has 0 radical (unpaired) electrons. The average Bonchev–Trinajstić information content (AvgIpc) is 2.78. The van der Waals surface area contributed by atoms with Gasteiger partial charge in [0, 0.05) is 25.4 Å². The quantitative estimate of drug-likeness (QED) is 0.398. The molecule has 32 heavy (non-hydrogen) atoms. The van der Waals surface area contributed by atoms with E-state index in [1.165, 1.54) is 6.92 Å². The number of nitrogens with zero attached hydrogens (tertiary/aromatic N) is 1. The van der Waals surface area contributed by atoms with E-state index in [2.05, 4.69) is 6.92 Å². The summed E-state index contributed by atoms with van der Waals surface area (Å²) in [6.07, 6.45) is 2.18. The molecule has 0 aromatic rings. The van der Waals surface area contributed by atoms with Crippen LogP contribution in [0.4, 0.5) is 0 Å². The Hall–Kier alpha value is -1.22. The van der Waals surface area contributed by atoms with Crippen LogP contribution >= 0.6 is 0 Å². The monoisotopic (exact) mass is 449 g/mol. The third kappa shape index (κ3) is 2.14. The van der Waals surface area contributed by atoms with Crippen LogP contribution in [0.25, 0.3) is 0 Å². The maximum absolute atomic E-state index is 14.7. The molecule has 8 nitrogen and oxygen atoms in total. The predicted octanol–water partition coefficient (Wildman–Crippen LogP) is 1.77. The molecule has 4 aliphatic carbocycles. The second-order valence-corrected chi connectivity index (χ2v) is 11.8. The molecular weight excluding hydrogens is 414 g/mol. The molecule has 3 heterocycles. The highest BCUT2D eigenvalue weighted by molar-refractivity contribution is 5.77. The number of carbonyl (C=O) groups is 2. The van der Waals surface area contributed by atoms with E-state index < -0.39 is 45.6 Å². The minimum absolute atomic E-state index is 0.120. The zero-order valence-corrected chi connectivity index (χ0v) is 19.4. The van der Waals surface area contributed by atoms with E-state index in [4.69, 9.17) is 14.2 Å². The molecule has 7 fully saturated rings. The van der Waals surface area contributed by atoms with Crippen LogP contribution in [0, 0.1) is 39.7 Å². The van der Waals surface area contributed by atoms with Gasteiger partial charge in [-0.05, 0) is 44.9 Å². The van der Waals surface area contributed by atoms with Crippen molar-refractivity contribution in [2.24, 2.45) is 34.5 Å². The molecule has 3 saturated heterocycles. The zero-order valence-electron chi connectivity index (χ0n) is 19.4. The smallest absolute Gasteiger partial charge is 0.312 e. The van der Waals surface area contributed by atoms with Crippen molar-refractivity contribution in [2.45, 2.75) is 82.8 Å². The lowest BCUT2D eigenvalue weighted by molar-refractivity contribution is -0.932. The van der Waals surface area contributed by atoms with Crippen LogP contribution in [-0.4, -0.2) is 71.8 Å². The van der Waals surface area contributed by atoms with Gasteiger partial charge in [0.15, 0.2) is 0 Å². The summed E-state index contributed by atoms with van der Waals surface area (Å²) in [5.41, 5.74) is -2.39. The zero-order chi connectivity index (χ0) is 22.8. The fraction of sp³-hybridized carbons (Fsp3) is 0.917. The second-order valence-electron chi connectivity index (χ2n) is 11.8. The molecule has 1 N–H and O–H groups in total. The number of hydrogen-bond donors (Lipinski definition) is 1. The van der Waals surface area contributed by atoms with Crippen molar-refractivity contribution in [1.29, 1.82) is 0 Å². The normalized spacial score (nSPS) is 59.4. The van der Waals surface area contributed by atoms with Gasteiger partial charge in [0.25, 0.3) is 0 Å². The number of hydrogen-bond acceptors (Lipinski definition) is 7. The van der Waals surface area contributed by atoms with Crippen LogP contribution in [0.15, 0.2) is 0 Å². The number of piperidine rings is 1. The minimum atomic E-state index is -1.41. The highest BCUT2D eigenvalue weighted by atomic mass is 16.6. The average molecular weight is 450 g/mol. The summed E-state index contributed by atoms with van der Waals surface area (Å²) < 4.78 is 17.6. The standard InChI is InChI=1S/C24H35NO7/c1-5-25(29)11-22(3)8-7-15(30-4)24-14-10-13-6-9-23(28,16(14)21(27)32-13)17(20(24)25)18(19(22)24)31-12(2)26/h13-20,28H,5-11H2,1-4H3/t13-,14+,15-,16+,17+,18+,19+,20?,22-,23+,24?,25?/m0/s1. The Morgan fingerprint density at radius 3 is 2.75 bits per heavy atom. The summed E-state index contributed by atoms with van der Waals surface area (Å²) >= 11 is 0. The molecule has 0 aromatic carbocycles. The molecule has 9 bridgehead atoms. The number of aliphatic hydroxyl groups is 1. The molecule has 7 rings (SSSR count). The first kappa shape index (κ1) is 21.3. The van der Waals surface area contributed by atoms with Crippen LogP contribution < -0.4 is 0 Å². The maximum Gasteiger partial charge on any atom is 0.312 e. The Labute approximate surface area is 188 Å². The van der Waals surface area contributed by atoms with E-state index in [-0.39, 0.29) is 35.4 Å². The first-order valence-corrected chi connectivity index (χ1v) is 12.3. The number of fused-ring (bicyclic) bond motifs is 2. The van der Waals surface area contributed by atoms with Crippen LogP contribution in [0.3, 0.4) is 0 Å². The van der Waals surface area contributed by atoms with Gasteiger partial charge in [0.2, 0.25) is 0 Å². The van der Waals surface area contributed by atoms with E-state index in [9.17, 15) is 19.9 Å². The van der Waals surface area contributed by atoms with E-state index in [1.54, 1.807) is 7.11 Å². The molecule has 178 valence electrons. The Balaban J connectivity index is 1.69. The number of carbonyl (C=O) groups excluding carboxylic acids is 2. The molecule has 0 amide bonds. The van der Waals surface area contributed by atoms with Gasteiger partial charge in [-0.1, -0.05) is 6.92 Å². The molecule has 8 heteroatoms. The van der Waals surface area contributed by atoms with Crippen LogP contribution in [0.1, 0.15) is 52.9 Å². The predicted molar refractivity (Wildman–Crippen MR) is 112 cm³/mol. The lowest BCUT2D eigenvalue weighted by atomic mass is 9.42. The van der Waals surface area contributed by atoms with E-state index in [1.807, 2.05) is 6.92 Å². The molecule has 12 atom stereocenters. The van der Waals surface area contributed by atoms with Crippen molar-refractivity contribution in [1.82, 2.24) is 0 Å². The van der Waals surface area contributed by atoms with E-state index in [0.717, 1.165) is 12.8 Å². The van der Waals surface area contributed by atoms with Crippen molar-refractivity contribution in [2.75, 3.05) is 20.2 Å². The van der Waals surface area contributed by atoms with Crippen LogP contribution in [-0.2, 0) is 23.8 Å². The fourth-order valence-corrected chi connectivity index (χ4v) is 10.2. The summed E-state index contributed by atoms with van der Waals surface area (Å²) in [7, 11) is 1.70. The van der Waals surface area contributed by atoms with Crippen molar-refractivity contribution < 1.29 is 33.6 Å². The molecule has 0 aromatic heterocycles. The van der Waals surface area contributed by atoms with Gasteiger partial charge < -0.3 is 29.2 Å². The van der Waals surface area contributed by atoms with E-state index >= 15 is 0 Å². The third-order valence-electron chi connectivity index (χ3n) is 10.7. The Morgan fingerprint density at radius 2 is 2.09 bits per heavy atom. The lowest BCUT2D eigenvalue weighted by Crippen LogP contribution is -2.80. The molecule has 3 unspecified atom stereocenters. The third-order valence-corrected chi connectivity index (χ3v) is 10.7. The highest BCUT2D eigenvalue weighted by Gasteiger charge is 2.88. The number of quaternary nitrogens is 1. The maximum atomic E-state index is 14.7. The highest BCUT2D eigenvalue weighted by Crippen LogP contribution is 2.78. The summed E-state index contributed by atoms with van der Waals surface area (Å²) in [6, 6.07) is -0.462. The number of ether oxygens (including phenoxy) is 3. The first-order valence-electron chi connectivity index (χ1n) is 12.3. The molecule has 1 spiro atoms. The Bertz CT molecular complexity index is 880. The van der Waals surface area contributed by atoms with Crippen molar-refractivity contribution in [3.63, 3.8) is 0 Å². The minimum Gasteiger partial charge on any atom is -0.633 e. The van der Waals surface area contributed by atoms with Gasteiger partial charge in [0.1, 0.15) is 18.2 Å². The number of esters is 2. The molecular formula is C24H35NO7. The van der Waals surface area contributed by atoms with Crippen molar-refractivity contribution >= 4 is 11.9 Å². The Morgan fingerprint density at radius 1 is 1.34 bits per heavy atom. The van der Waals surface area contributed by atoms with Crippen molar-refractivity contribution in [3.8, 4) is 0 Å². The first-order chi connectivity index (χ1) is 15.1. The summed E-state index contributed by atoms with van der Waals surface area (Å²) in [6.45, 7) is 6.32. The van der Waals surface area contributed by atoms with Gasteiger partial charge in [-0.2, -0.15) is 0 Å². The lowest BCUT2D eigenvalue weighted by Gasteiger charge is -2.72. The molecule has 7 aliphatic rings. The summed E-state index contributed by atoms with van der Waals surface area (Å²) in [4.78, 5) is 25.7. The number of rotatable bonds is 3. The summed E-state index contributed by atoms with van der Waals surface area (Å²) in [5, 5.41) is 27.0. The summed E-state index contributed by atoms with van der Waals surface area (Å²) in [5.74, 6) is -2.38. The largest absolute Gasteiger partial charge is 0.633 e. The fourth-order valence-electron chi connectivity index (χ4n) is 10.2. The Kier molecular flexibility index (Phi) is 4.17. The number of likely N-dealkylation sites (tertiary alicyclic amines) is 1. The van der Waals surface area contributed by atoms with Crippen molar-refractivity contribution in [3.05, 3.63) is 5.21 Å². The number of hydroxylamine groups is 3. The topological polar surface area (TPSA) is 105 Å². The van der Waals surface area contributed by atoms with Crippen LogP contribution in [0.2, 0.25) is 0 Å². The van der Waals surface area contributed by atoms with Gasteiger partial charge >= 0.3 is 11.9 Å².